The van der Waals surface area contributed by atoms with E-state index in [4.69, 9.17) is 25.0 Å². The number of hydrogen-bond acceptors (Lipinski definition) is 6. The van der Waals surface area contributed by atoms with E-state index in [1.807, 2.05) is 12.1 Å². The highest BCUT2D eigenvalue weighted by Gasteiger charge is 2.42. The quantitative estimate of drug-likeness (QED) is 0.476. The highest BCUT2D eigenvalue weighted by Crippen LogP contribution is 2.35. The predicted molar refractivity (Wildman–Crippen MR) is 99.5 cm³/mol. The van der Waals surface area contributed by atoms with E-state index in [1.165, 1.54) is 7.48 Å². The van der Waals surface area contributed by atoms with Gasteiger partial charge in [-0.05, 0) is 55.2 Å². The van der Waals surface area contributed by atoms with Gasteiger partial charge in [0.2, 0.25) is 0 Å². The second-order valence-corrected chi connectivity index (χ2v) is 6.36. The minimum atomic E-state index is -1.86. The summed E-state index contributed by atoms with van der Waals surface area (Å²) in [5, 5.41) is 19.5. The van der Waals surface area contributed by atoms with E-state index < -0.39 is 18.2 Å². The van der Waals surface area contributed by atoms with Crippen molar-refractivity contribution in [1.29, 1.82) is 0 Å². The molecule has 0 bridgehead atoms. The number of carboxylic acids is 1. The van der Waals surface area contributed by atoms with Crippen molar-refractivity contribution < 1.29 is 29.1 Å². The zero-order chi connectivity index (χ0) is 19.4. The van der Waals surface area contributed by atoms with E-state index in [9.17, 15) is 9.90 Å². The molecule has 0 aliphatic carbocycles. The molecule has 1 atom stereocenters. The number of benzene rings is 2. The molecule has 0 saturated heterocycles. The number of fused-ring (bicyclic) bond motifs is 1. The van der Waals surface area contributed by atoms with Crippen molar-refractivity contribution in [3.63, 3.8) is 0 Å². The van der Waals surface area contributed by atoms with Crippen LogP contribution in [-0.2, 0) is 15.2 Å². The average molecular weight is 370 g/mol. The highest BCUT2D eigenvalue weighted by atomic mass is 16.6. The first-order chi connectivity index (χ1) is 12.9. The fraction of sp³-hybridized carbons (Fsp3) is 0.316. The molecule has 0 amide bonds. The zero-order valence-corrected chi connectivity index (χ0v) is 15.0. The fourth-order valence-electron chi connectivity index (χ4n) is 3.06. The Bertz CT molecular complexity index is 843. The number of rotatable bonds is 8. The van der Waals surface area contributed by atoms with E-state index in [-0.39, 0.29) is 0 Å². The Balaban J connectivity index is 1.79. The maximum Gasteiger partial charge on any atom is 0.334 e. The lowest BCUT2D eigenvalue weighted by Gasteiger charge is -2.24. The zero-order valence-electron chi connectivity index (χ0n) is 15.0. The summed E-state index contributed by atoms with van der Waals surface area (Å²) in [7, 11) is 1.35. The van der Waals surface area contributed by atoms with Crippen LogP contribution < -0.4 is 20.7 Å². The van der Waals surface area contributed by atoms with Gasteiger partial charge in [-0.3, -0.25) is 4.79 Å². The number of carboxylic acid groups (broad SMARTS) is 1. The number of aliphatic hydroxyl groups is 1. The van der Waals surface area contributed by atoms with Crippen molar-refractivity contribution in [2.24, 2.45) is 5.73 Å². The third-order valence-corrected chi connectivity index (χ3v) is 4.16. The summed E-state index contributed by atoms with van der Waals surface area (Å²) < 4.78 is 16.8. The molecule has 8 heteroatoms. The molecule has 4 N–H and O–H groups in total. The Kier molecular flexibility index (Phi) is 5.69. The first-order valence-corrected chi connectivity index (χ1v) is 8.62. The fourth-order valence-corrected chi connectivity index (χ4v) is 3.06. The molecule has 0 saturated carbocycles. The third-order valence-electron chi connectivity index (χ3n) is 4.16. The Morgan fingerprint density at radius 3 is 2.78 bits per heavy atom. The summed E-state index contributed by atoms with van der Waals surface area (Å²) in [6.07, 6.45) is 0.226. The number of hydrogen-bond donors (Lipinski definition) is 3. The Labute approximate surface area is 157 Å². The Morgan fingerprint density at radius 2 is 2.04 bits per heavy atom. The molecule has 0 aromatic heterocycles. The molecule has 1 unspecified atom stereocenters. The van der Waals surface area contributed by atoms with Gasteiger partial charge in [-0.15, -0.1) is 0 Å². The molecule has 0 fully saturated rings. The van der Waals surface area contributed by atoms with E-state index in [1.54, 1.807) is 31.2 Å². The topological polar surface area (TPSA) is 111 Å². The van der Waals surface area contributed by atoms with Gasteiger partial charge in [-0.1, -0.05) is 6.07 Å². The summed E-state index contributed by atoms with van der Waals surface area (Å²) in [6.45, 7) is 2.87. The molecular formula is C19H21BNO6. The van der Waals surface area contributed by atoms with Gasteiger partial charge in [0, 0.05) is 11.6 Å². The van der Waals surface area contributed by atoms with Crippen LogP contribution in [0.1, 0.15) is 24.0 Å². The van der Waals surface area contributed by atoms with Gasteiger partial charge in [-0.25, -0.2) is 0 Å². The molecular weight excluding hydrogens is 349 g/mol. The molecule has 1 radical (unpaired) electrons. The molecule has 1 aliphatic heterocycles. The van der Waals surface area contributed by atoms with Gasteiger partial charge in [0.1, 0.15) is 23.7 Å². The normalized spacial score (nSPS) is 17.9. The van der Waals surface area contributed by atoms with Crippen LogP contribution in [0.25, 0.3) is 0 Å². The number of ether oxygens (including phenoxy) is 2. The van der Waals surface area contributed by atoms with Gasteiger partial charge in [-0.2, -0.15) is 0 Å². The molecule has 27 heavy (non-hydrogen) atoms. The number of aryl methyl sites for hydroxylation is 1. The summed E-state index contributed by atoms with van der Waals surface area (Å²) >= 11 is 0. The SMILES string of the molecule is Cc1cc(Oc2cccc(OCCCN)c2)cc2c1C(O)(CC(=O)O)O[B]2. The van der Waals surface area contributed by atoms with Gasteiger partial charge in [0.25, 0.3) is 0 Å². The van der Waals surface area contributed by atoms with Crippen LogP contribution >= 0.6 is 0 Å². The van der Waals surface area contributed by atoms with Crippen LogP contribution in [-0.4, -0.2) is 36.8 Å². The predicted octanol–water partition coefficient (Wildman–Crippen LogP) is 1.41. The lowest BCUT2D eigenvalue weighted by atomic mass is 9.83. The maximum atomic E-state index is 11.0. The first kappa shape index (κ1) is 19.2. The number of carbonyl (C=O) groups is 1. The smallest absolute Gasteiger partial charge is 0.334 e. The lowest BCUT2D eigenvalue weighted by molar-refractivity contribution is -0.170. The van der Waals surface area contributed by atoms with E-state index in [0.29, 0.717) is 47.0 Å². The monoisotopic (exact) mass is 370 g/mol. The maximum absolute atomic E-state index is 11.0. The molecule has 141 valence electrons. The molecule has 1 aliphatic rings. The molecule has 3 rings (SSSR count). The van der Waals surface area contributed by atoms with Crippen LogP contribution in [0.5, 0.6) is 17.2 Å². The minimum Gasteiger partial charge on any atom is -0.493 e. The van der Waals surface area contributed by atoms with Gasteiger partial charge >= 0.3 is 13.5 Å². The molecule has 1 heterocycles. The summed E-state index contributed by atoms with van der Waals surface area (Å²) in [6, 6.07) is 10.7. The minimum absolute atomic E-state index is 0.441. The summed E-state index contributed by atoms with van der Waals surface area (Å²) in [4.78, 5) is 11.0. The Hall–Kier alpha value is -2.55. The van der Waals surface area contributed by atoms with Crippen LogP contribution in [0.4, 0.5) is 0 Å². The van der Waals surface area contributed by atoms with Crippen LogP contribution in [0.3, 0.4) is 0 Å². The first-order valence-electron chi connectivity index (χ1n) is 8.62. The van der Waals surface area contributed by atoms with Gasteiger partial charge in [0.05, 0.1) is 6.61 Å². The van der Waals surface area contributed by atoms with Crippen molar-refractivity contribution >= 4 is 18.9 Å². The molecule has 0 spiro atoms. The lowest BCUT2D eigenvalue weighted by Crippen LogP contribution is -2.30. The van der Waals surface area contributed by atoms with Crippen molar-refractivity contribution in [2.45, 2.75) is 25.6 Å². The third kappa shape index (κ3) is 4.41. The van der Waals surface area contributed by atoms with Gasteiger partial charge in [0.15, 0.2) is 5.79 Å². The summed E-state index contributed by atoms with van der Waals surface area (Å²) in [5.74, 6) is -1.18. The number of aliphatic carboxylic acids is 1. The van der Waals surface area contributed by atoms with Crippen molar-refractivity contribution in [3.05, 3.63) is 47.5 Å². The van der Waals surface area contributed by atoms with E-state index >= 15 is 0 Å². The standard InChI is InChI=1S/C19H21BNO6/c1-12-8-15(10-16-18(12)19(24,27-20-16)11-17(22)23)26-14-5-2-4-13(9-14)25-7-3-6-21/h2,4-5,8-10,24H,3,6-7,11,21H2,1H3,(H,22,23). The van der Waals surface area contributed by atoms with Crippen molar-refractivity contribution in [3.8, 4) is 17.2 Å². The second kappa shape index (κ2) is 8.00. The Morgan fingerprint density at radius 1 is 1.26 bits per heavy atom. The largest absolute Gasteiger partial charge is 0.493 e. The number of nitrogens with two attached hydrogens (primary N) is 1. The molecule has 2 aromatic carbocycles. The van der Waals surface area contributed by atoms with E-state index in [2.05, 4.69) is 0 Å². The van der Waals surface area contributed by atoms with Crippen LogP contribution in [0, 0.1) is 6.92 Å². The van der Waals surface area contributed by atoms with Crippen LogP contribution in [0.15, 0.2) is 36.4 Å². The van der Waals surface area contributed by atoms with Crippen molar-refractivity contribution in [1.82, 2.24) is 0 Å². The van der Waals surface area contributed by atoms with Gasteiger partial charge < -0.3 is 30.1 Å². The second-order valence-electron chi connectivity index (χ2n) is 6.36. The van der Waals surface area contributed by atoms with Crippen molar-refractivity contribution in [2.75, 3.05) is 13.2 Å². The van der Waals surface area contributed by atoms with Crippen LogP contribution in [0.2, 0.25) is 0 Å². The molecule has 2 aromatic rings. The van der Waals surface area contributed by atoms with E-state index in [0.717, 1.165) is 6.42 Å². The summed E-state index contributed by atoms with van der Waals surface area (Å²) in [5.41, 5.74) is 7.17. The molecule has 7 nitrogen and oxygen atoms in total. The highest BCUT2D eigenvalue weighted by molar-refractivity contribution is 6.49. The average Bonchev–Trinajstić information content (AvgIpc) is 2.91.